The summed E-state index contributed by atoms with van der Waals surface area (Å²) in [6.45, 7) is 4.90. The van der Waals surface area contributed by atoms with E-state index in [0.29, 0.717) is 0 Å². The van der Waals surface area contributed by atoms with E-state index in [2.05, 4.69) is 132 Å². The summed E-state index contributed by atoms with van der Waals surface area (Å²) >= 11 is 1.86. The minimum absolute atomic E-state index is 0.769. The van der Waals surface area contributed by atoms with Crippen molar-refractivity contribution in [3.05, 3.63) is 134 Å². The molecule has 0 amide bonds. The SMILES string of the molecule is C[Si]1(C)c2cc3c(cc2N(c2cccc(Oc4ccc5c6ccccc6n6ccnc6c5c4)c2)c2ncccc21)sc1ccccc13. The van der Waals surface area contributed by atoms with Gasteiger partial charge in [0.1, 0.15) is 31.0 Å². The smallest absolute Gasteiger partial charge is 0.145 e. The number of para-hydroxylation sites is 1. The zero-order chi connectivity index (χ0) is 31.3. The maximum Gasteiger partial charge on any atom is 0.145 e. The van der Waals surface area contributed by atoms with Gasteiger partial charge in [-0.1, -0.05) is 67.7 Å². The number of benzene rings is 5. The first-order valence-corrected chi connectivity index (χ1v) is 19.6. The molecular formula is C40H28N4OSSi. The Morgan fingerprint density at radius 1 is 0.617 bits per heavy atom. The van der Waals surface area contributed by atoms with Gasteiger partial charge >= 0.3 is 0 Å². The summed E-state index contributed by atoms with van der Waals surface area (Å²) in [4.78, 5) is 12.0. The van der Waals surface area contributed by atoms with Gasteiger partial charge in [0.15, 0.2) is 0 Å². The number of anilines is 3. The topological polar surface area (TPSA) is 42.7 Å². The Labute approximate surface area is 276 Å². The third-order valence-electron chi connectivity index (χ3n) is 9.72. The van der Waals surface area contributed by atoms with Gasteiger partial charge in [0.25, 0.3) is 0 Å². The van der Waals surface area contributed by atoms with E-state index in [9.17, 15) is 0 Å². The van der Waals surface area contributed by atoms with Crippen molar-refractivity contribution in [1.82, 2.24) is 14.4 Å². The molecule has 5 aromatic carbocycles. The molecule has 0 aliphatic carbocycles. The van der Waals surface area contributed by atoms with Crippen molar-refractivity contribution in [2.24, 2.45) is 0 Å². The molecule has 4 aromatic heterocycles. The van der Waals surface area contributed by atoms with Crippen LogP contribution in [0.5, 0.6) is 11.5 Å². The average molecular weight is 641 g/mol. The van der Waals surface area contributed by atoms with Crippen LogP contribution in [-0.2, 0) is 0 Å². The van der Waals surface area contributed by atoms with Gasteiger partial charge in [-0.3, -0.25) is 9.30 Å². The van der Waals surface area contributed by atoms with Crippen molar-refractivity contribution in [3.8, 4) is 11.5 Å². The van der Waals surface area contributed by atoms with E-state index in [0.717, 1.165) is 44.9 Å². The molecule has 9 aromatic rings. The quantitative estimate of drug-likeness (QED) is 0.142. The molecule has 224 valence electrons. The summed E-state index contributed by atoms with van der Waals surface area (Å²) in [5.41, 5.74) is 4.30. The lowest BCUT2D eigenvalue weighted by atomic mass is 10.1. The van der Waals surface area contributed by atoms with Crippen molar-refractivity contribution in [2.45, 2.75) is 13.1 Å². The maximum absolute atomic E-state index is 6.61. The fourth-order valence-electron chi connectivity index (χ4n) is 7.47. The van der Waals surface area contributed by atoms with Crippen molar-refractivity contribution in [1.29, 1.82) is 0 Å². The molecule has 0 atom stereocenters. The molecule has 0 spiro atoms. The Morgan fingerprint density at radius 2 is 1.47 bits per heavy atom. The molecule has 10 rings (SSSR count). The number of aromatic nitrogens is 3. The summed E-state index contributed by atoms with van der Waals surface area (Å²) in [7, 11) is -2.06. The molecule has 0 unspecified atom stereocenters. The van der Waals surface area contributed by atoms with Gasteiger partial charge in [0, 0.05) is 61.3 Å². The summed E-state index contributed by atoms with van der Waals surface area (Å²) in [6.07, 6.45) is 5.79. The van der Waals surface area contributed by atoms with E-state index in [1.165, 1.54) is 41.6 Å². The van der Waals surface area contributed by atoms with Crippen molar-refractivity contribution in [3.63, 3.8) is 0 Å². The van der Waals surface area contributed by atoms with Crippen molar-refractivity contribution in [2.75, 3.05) is 4.90 Å². The molecule has 0 N–H and O–H groups in total. The van der Waals surface area contributed by atoms with E-state index < -0.39 is 8.07 Å². The molecule has 7 heteroatoms. The molecule has 0 radical (unpaired) electrons. The van der Waals surface area contributed by atoms with Crippen LogP contribution in [0.3, 0.4) is 0 Å². The van der Waals surface area contributed by atoms with Crippen LogP contribution in [0.25, 0.3) is 47.5 Å². The highest BCUT2D eigenvalue weighted by Crippen LogP contribution is 2.43. The lowest BCUT2D eigenvalue weighted by molar-refractivity contribution is 0.483. The number of imidazole rings is 1. The Morgan fingerprint density at radius 3 is 2.40 bits per heavy atom. The molecule has 1 aliphatic rings. The van der Waals surface area contributed by atoms with Crippen LogP contribution in [0.2, 0.25) is 13.1 Å². The van der Waals surface area contributed by atoms with Gasteiger partial charge in [0.2, 0.25) is 0 Å². The summed E-state index contributed by atoms with van der Waals surface area (Å²) < 4.78 is 11.4. The highest BCUT2D eigenvalue weighted by atomic mass is 32.1. The van der Waals surface area contributed by atoms with Crippen LogP contribution in [0, 0.1) is 0 Å². The lowest BCUT2D eigenvalue weighted by Crippen LogP contribution is -2.58. The fourth-order valence-corrected chi connectivity index (χ4v) is 11.5. The molecule has 47 heavy (non-hydrogen) atoms. The van der Waals surface area contributed by atoms with Gasteiger partial charge in [-0.05, 0) is 70.4 Å². The number of nitrogens with zero attached hydrogens (tertiary/aromatic N) is 4. The van der Waals surface area contributed by atoms with E-state index in [1.807, 2.05) is 36.0 Å². The first-order chi connectivity index (χ1) is 23.0. The second-order valence-electron chi connectivity index (χ2n) is 12.7. The first-order valence-electron chi connectivity index (χ1n) is 15.8. The predicted octanol–water partition coefficient (Wildman–Crippen LogP) is 9.80. The minimum Gasteiger partial charge on any atom is -0.457 e. The van der Waals surface area contributed by atoms with E-state index >= 15 is 0 Å². The monoisotopic (exact) mass is 640 g/mol. The van der Waals surface area contributed by atoms with Crippen LogP contribution in [0.4, 0.5) is 17.2 Å². The number of pyridine rings is 2. The first kappa shape index (κ1) is 26.7. The molecule has 0 bridgehead atoms. The molecule has 0 saturated heterocycles. The Bertz CT molecular complexity index is 2730. The van der Waals surface area contributed by atoms with Crippen molar-refractivity contribution < 1.29 is 4.74 Å². The van der Waals surface area contributed by atoms with Crippen LogP contribution >= 0.6 is 11.3 Å². The Kier molecular flexibility index (Phi) is 5.54. The zero-order valence-corrected chi connectivity index (χ0v) is 27.6. The highest BCUT2D eigenvalue weighted by molar-refractivity contribution is 7.26. The average Bonchev–Trinajstić information content (AvgIpc) is 3.74. The Balaban J connectivity index is 1.12. The minimum atomic E-state index is -2.06. The van der Waals surface area contributed by atoms with Gasteiger partial charge in [-0.15, -0.1) is 11.3 Å². The van der Waals surface area contributed by atoms with Gasteiger partial charge in [-0.25, -0.2) is 9.97 Å². The predicted molar refractivity (Wildman–Crippen MR) is 199 cm³/mol. The van der Waals surface area contributed by atoms with Gasteiger partial charge in [-0.2, -0.15) is 0 Å². The van der Waals surface area contributed by atoms with E-state index in [-0.39, 0.29) is 0 Å². The molecule has 5 heterocycles. The number of ether oxygens (including phenoxy) is 1. The summed E-state index contributed by atoms with van der Waals surface area (Å²) in [6, 6.07) is 41.1. The molecule has 0 saturated carbocycles. The number of rotatable bonds is 3. The highest BCUT2D eigenvalue weighted by Gasteiger charge is 2.40. The third kappa shape index (κ3) is 3.87. The fraction of sp³-hybridized carbons (Fsp3) is 0.0500. The van der Waals surface area contributed by atoms with Crippen LogP contribution < -0.4 is 20.0 Å². The number of hydrogen-bond acceptors (Lipinski definition) is 5. The second-order valence-corrected chi connectivity index (χ2v) is 18.2. The molecule has 5 nitrogen and oxygen atoms in total. The zero-order valence-electron chi connectivity index (χ0n) is 25.8. The summed E-state index contributed by atoms with van der Waals surface area (Å²) in [5, 5.41) is 8.84. The summed E-state index contributed by atoms with van der Waals surface area (Å²) in [5.74, 6) is 2.55. The van der Waals surface area contributed by atoms with Gasteiger partial charge in [0.05, 0.1) is 11.2 Å². The van der Waals surface area contributed by atoms with Crippen molar-refractivity contribution >= 4 is 94.5 Å². The number of fused-ring (bicyclic) bond motifs is 11. The number of thiophene rings is 1. The molecule has 1 aliphatic heterocycles. The molecule has 0 fully saturated rings. The number of hydrogen-bond donors (Lipinski definition) is 0. The lowest BCUT2D eigenvalue weighted by Gasteiger charge is -2.40. The van der Waals surface area contributed by atoms with Gasteiger partial charge < -0.3 is 4.74 Å². The van der Waals surface area contributed by atoms with Crippen LogP contribution in [0.15, 0.2) is 134 Å². The standard InChI is InChI=1S/C40H28N4OSSi/c1-47(2)37-15-8-18-41-40(37)44(34-24-36-31(23-38(34)47)30-12-4-6-14-35(30)46-36)25-9-7-10-26(21-25)45-27-16-17-28-29-11-3-5-13-33(29)43-20-19-42-39(43)32(28)22-27/h3-24H,1-2H3. The maximum atomic E-state index is 6.61. The Hall–Kier alpha value is -5.50. The second kappa shape index (κ2) is 9.75. The van der Waals surface area contributed by atoms with Crippen LogP contribution in [-0.4, -0.2) is 22.4 Å². The van der Waals surface area contributed by atoms with E-state index in [4.69, 9.17) is 14.7 Å². The third-order valence-corrected chi connectivity index (χ3v) is 14.3. The molecular weight excluding hydrogens is 613 g/mol. The van der Waals surface area contributed by atoms with E-state index in [1.54, 1.807) is 0 Å². The largest absolute Gasteiger partial charge is 0.457 e. The van der Waals surface area contributed by atoms with Crippen LogP contribution in [0.1, 0.15) is 0 Å². The normalized spacial score (nSPS) is 13.9.